The highest BCUT2D eigenvalue weighted by atomic mass is 32.1. The molecule has 3 nitrogen and oxygen atoms in total. The Labute approximate surface area is 718 Å². The second kappa shape index (κ2) is 28.4. The normalized spacial score (nSPS) is 13.2. The molecule has 0 saturated heterocycles. The van der Waals surface area contributed by atoms with E-state index in [1.165, 1.54) is 103 Å². The third-order valence-electron chi connectivity index (χ3n) is 26.3. The first-order chi connectivity index (χ1) is 59.8. The Morgan fingerprint density at radius 1 is 0.254 bits per heavy atom. The molecule has 578 valence electrons. The summed E-state index contributed by atoms with van der Waals surface area (Å²) in [5.74, 6) is 0. The maximum absolute atomic E-state index is 2.79. The average Bonchev–Trinajstić information content (AvgIpc) is 1.10. The van der Waals surface area contributed by atoms with Crippen molar-refractivity contribution in [2.75, 3.05) is 9.80 Å². The minimum Gasteiger partial charge on any atom is -0.310 e. The lowest BCUT2D eigenvalue weighted by atomic mass is 9.33. The van der Waals surface area contributed by atoms with Crippen molar-refractivity contribution in [3.05, 3.63) is 446 Å². The summed E-state index contributed by atoms with van der Waals surface area (Å²) in [4.78, 5) is 5.57. The van der Waals surface area contributed by atoms with Crippen LogP contribution in [0, 0.1) is 0 Å². The second-order valence-electron chi connectivity index (χ2n) is 35.4. The molecule has 1 aliphatic carbocycles. The number of anilines is 6. The molecule has 0 fully saturated rings. The molecule has 0 atom stereocenters. The van der Waals surface area contributed by atoms with Crippen LogP contribution in [0.15, 0.2) is 413 Å². The summed E-state index contributed by atoms with van der Waals surface area (Å²) in [5.41, 5.74) is 38.6. The van der Waals surface area contributed by atoms with Gasteiger partial charge in [-0.3, -0.25) is 0 Å². The average molecular weight is 1580 g/mol. The van der Waals surface area contributed by atoms with E-state index in [0.29, 0.717) is 0 Å². The SMILES string of the molecule is CC(C)(C)c1cc(-c2cccc(-c3ccccc3)c2)c(N2c3cc4c(cc3B3c5cc6c(cc5N(c5c(-c7ccccc7)cc(C(C)(C)C)cc5-c5ccccc5)c5cc(-c7ccc8c(c7)-c7ccccc7C8(c7ccccc7)c7ccccc7)cc2c53)c2ccccc2n6-c2ccccc2)sc2ccccc24)c(-c2cccc(-c3ccccc3)c2)c1. The molecular formula is C117H86BN3S. The van der Waals surface area contributed by atoms with Gasteiger partial charge in [-0.1, -0.05) is 351 Å². The van der Waals surface area contributed by atoms with Crippen molar-refractivity contribution < 1.29 is 0 Å². The zero-order valence-corrected chi connectivity index (χ0v) is 69.9. The van der Waals surface area contributed by atoms with Crippen LogP contribution in [0.25, 0.3) is 137 Å². The number of aromatic nitrogens is 1. The Hall–Kier alpha value is -14.4. The predicted octanol–water partition coefficient (Wildman–Crippen LogP) is 29.9. The highest BCUT2D eigenvalue weighted by Gasteiger charge is 2.49. The third-order valence-corrected chi connectivity index (χ3v) is 27.4. The Morgan fingerprint density at radius 3 is 1.21 bits per heavy atom. The van der Waals surface area contributed by atoms with Crippen LogP contribution in [0.5, 0.6) is 0 Å². The van der Waals surface area contributed by atoms with Gasteiger partial charge in [-0.05, 0) is 230 Å². The van der Waals surface area contributed by atoms with Crippen LogP contribution in [0.4, 0.5) is 34.1 Å². The van der Waals surface area contributed by atoms with Crippen molar-refractivity contribution in [2.24, 2.45) is 0 Å². The van der Waals surface area contributed by atoms with Gasteiger partial charge in [0.2, 0.25) is 0 Å². The third kappa shape index (κ3) is 11.6. The lowest BCUT2D eigenvalue weighted by molar-refractivity contribution is 0.590. The molecule has 20 aromatic rings. The number of rotatable bonds is 12. The molecule has 2 aliphatic heterocycles. The molecule has 0 N–H and O–H groups in total. The molecule has 18 aromatic carbocycles. The van der Waals surface area contributed by atoms with E-state index in [2.05, 4.69) is 468 Å². The van der Waals surface area contributed by atoms with E-state index in [0.717, 1.165) is 118 Å². The van der Waals surface area contributed by atoms with E-state index < -0.39 is 5.41 Å². The van der Waals surface area contributed by atoms with Gasteiger partial charge in [-0.2, -0.15) is 0 Å². The summed E-state index contributed by atoms with van der Waals surface area (Å²) in [6.07, 6.45) is 0. The van der Waals surface area contributed by atoms with Gasteiger partial charge in [0.25, 0.3) is 6.71 Å². The summed E-state index contributed by atoms with van der Waals surface area (Å²) >= 11 is 1.91. The predicted molar refractivity (Wildman–Crippen MR) is 520 cm³/mol. The molecule has 0 spiro atoms. The fourth-order valence-corrected chi connectivity index (χ4v) is 21.7. The molecule has 0 unspecified atom stereocenters. The molecule has 0 radical (unpaired) electrons. The summed E-state index contributed by atoms with van der Waals surface area (Å²) in [7, 11) is 0. The number of nitrogens with zero attached hydrogens (tertiary/aromatic N) is 3. The van der Waals surface area contributed by atoms with E-state index in [-0.39, 0.29) is 17.5 Å². The van der Waals surface area contributed by atoms with E-state index in [1.807, 2.05) is 11.3 Å². The van der Waals surface area contributed by atoms with Gasteiger partial charge < -0.3 is 14.4 Å². The van der Waals surface area contributed by atoms with Crippen LogP contribution < -0.4 is 26.2 Å². The van der Waals surface area contributed by atoms with Crippen LogP contribution in [-0.4, -0.2) is 11.3 Å². The van der Waals surface area contributed by atoms with Crippen molar-refractivity contribution in [3.63, 3.8) is 0 Å². The molecule has 4 heterocycles. The highest BCUT2D eigenvalue weighted by molar-refractivity contribution is 7.26. The molecule has 2 aromatic heterocycles. The molecule has 122 heavy (non-hydrogen) atoms. The van der Waals surface area contributed by atoms with Crippen molar-refractivity contribution in [1.29, 1.82) is 0 Å². The number of para-hydroxylation sites is 2. The number of thiophene rings is 1. The van der Waals surface area contributed by atoms with Crippen molar-refractivity contribution >= 4 is 111 Å². The zero-order valence-electron chi connectivity index (χ0n) is 69.1. The lowest BCUT2D eigenvalue weighted by Crippen LogP contribution is -2.61. The van der Waals surface area contributed by atoms with Crippen LogP contribution in [-0.2, 0) is 16.2 Å². The summed E-state index contributed by atoms with van der Waals surface area (Å²) in [6.45, 7) is 13.9. The minimum absolute atomic E-state index is 0.243. The van der Waals surface area contributed by atoms with E-state index in [9.17, 15) is 0 Å². The Kier molecular flexibility index (Phi) is 17.0. The molecule has 0 amide bonds. The summed E-state index contributed by atoms with van der Waals surface area (Å²) in [6, 6.07) is 158. The molecule has 23 rings (SSSR count). The largest absolute Gasteiger partial charge is 0.310 e. The molecule has 0 saturated carbocycles. The number of fused-ring (bicyclic) bond motifs is 13. The standard InChI is InChI=1S/C117H86BN3S/c1-115(2,3)87-67-93(77-40-18-9-19-41-77)113(94(68-87)78-42-20-10-21-43-78)120-106-71-98-91-55-29-32-58-104(91)119(89-52-26-13-27-53-89)105(98)73-102(106)118-103-74-111-99(92-56-30-33-59-110(92)122-111)72-107(103)121(109-66-84(65-108(120)112(109)118)81-60-61-101-97(64-81)90-54-28-31-57-100(90)117(101,85-48-22-11-23-49-85)86-50-24-12-25-51-86)114-95(82-46-34-44-79(62-82)75-36-14-7-15-37-75)69-88(116(4,5)6)70-96(114)83-47-35-45-80(63-83)76-38-16-8-17-39-76/h7-74H,1-6H3. The fourth-order valence-electron chi connectivity index (χ4n) is 20.5. The first-order valence-corrected chi connectivity index (χ1v) is 43.6. The number of hydrogen-bond acceptors (Lipinski definition) is 3. The summed E-state index contributed by atoms with van der Waals surface area (Å²) < 4.78 is 5.04. The monoisotopic (exact) mass is 1580 g/mol. The number of hydrogen-bond donors (Lipinski definition) is 0. The topological polar surface area (TPSA) is 11.4 Å². The molecule has 3 aliphatic rings. The second-order valence-corrected chi connectivity index (χ2v) is 36.5. The van der Waals surface area contributed by atoms with Crippen molar-refractivity contribution in [3.8, 4) is 94.7 Å². The van der Waals surface area contributed by atoms with Gasteiger partial charge in [-0.25, -0.2) is 0 Å². The molecule has 0 bridgehead atoms. The lowest BCUT2D eigenvalue weighted by Gasteiger charge is -2.46. The van der Waals surface area contributed by atoms with Crippen LogP contribution >= 0.6 is 11.3 Å². The Bertz CT molecular complexity index is 7360. The van der Waals surface area contributed by atoms with E-state index in [1.54, 1.807) is 0 Å². The minimum atomic E-state index is -0.613. The van der Waals surface area contributed by atoms with Gasteiger partial charge in [0.05, 0.1) is 27.8 Å². The van der Waals surface area contributed by atoms with Crippen LogP contribution in [0.2, 0.25) is 0 Å². The fraction of sp³-hybridized carbons (Fsp3) is 0.0769. The maximum Gasteiger partial charge on any atom is 0.252 e. The zero-order chi connectivity index (χ0) is 81.7. The van der Waals surface area contributed by atoms with E-state index in [4.69, 9.17) is 0 Å². The van der Waals surface area contributed by atoms with Crippen LogP contribution in [0.1, 0.15) is 74.9 Å². The van der Waals surface area contributed by atoms with Gasteiger partial charge in [-0.15, -0.1) is 11.3 Å². The van der Waals surface area contributed by atoms with E-state index >= 15 is 0 Å². The quantitative estimate of drug-likeness (QED) is 0.113. The van der Waals surface area contributed by atoms with Crippen molar-refractivity contribution in [1.82, 2.24) is 4.57 Å². The Morgan fingerprint density at radius 2 is 0.672 bits per heavy atom. The first kappa shape index (κ1) is 72.8. The molecule has 5 heteroatoms. The highest BCUT2D eigenvalue weighted by Crippen LogP contribution is 2.60. The maximum atomic E-state index is 2.79. The first-order valence-electron chi connectivity index (χ1n) is 42.8. The van der Waals surface area contributed by atoms with Gasteiger partial charge in [0, 0.05) is 81.6 Å². The molecular weight excluding hydrogens is 1490 g/mol. The number of benzene rings is 18. The summed E-state index contributed by atoms with van der Waals surface area (Å²) in [5, 5.41) is 4.85. The smallest absolute Gasteiger partial charge is 0.252 e. The van der Waals surface area contributed by atoms with Crippen LogP contribution in [0.3, 0.4) is 0 Å². The Balaban J connectivity index is 0.931. The van der Waals surface area contributed by atoms with Gasteiger partial charge in [0.15, 0.2) is 0 Å². The van der Waals surface area contributed by atoms with Gasteiger partial charge in [0.1, 0.15) is 0 Å². The van der Waals surface area contributed by atoms with Crippen molar-refractivity contribution in [2.45, 2.75) is 57.8 Å². The van der Waals surface area contributed by atoms with Gasteiger partial charge >= 0.3 is 0 Å².